The van der Waals surface area contributed by atoms with Crippen molar-refractivity contribution in [3.05, 3.63) is 83.9 Å². The van der Waals surface area contributed by atoms with Gasteiger partial charge in [-0.2, -0.15) is 0 Å². The number of hydrogen-bond acceptors (Lipinski definition) is 2. The molecule has 0 amide bonds. The summed E-state index contributed by atoms with van der Waals surface area (Å²) in [4.78, 5) is 0. The molecule has 3 aromatic rings. The topological polar surface area (TPSA) is 18.5 Å². The number of hydrogen-bond donors (Lipinski definition) is 0. The van der Waals surface area contributed by atoms with Crippen LogP contribution in [0.15, 0.2) is 72.8 Å². The molecule has 2 nitrogen and oxygen atoms in total. The molecular weight excluding hydrogens is 272 g/mol. The largest absolute Gasteiger partial charge is 0.457 e. The molecule has 0 aliphatic heterocycles. The fourth-order valence-corrected chi connectivity index (χ4v) is 2.06. The molecule has 0 fully saturated rings. The number of ether oxygens (including phenoxy) is 2. The van der Waals surface area contributed by atoms with Gasteiger partial charge in [0.25, 0.3) is 0 Å². The van der Waals surface area contributed by atoms with Gasteiger partial charge in [-0.1, -0.05) is 35.4 Å². The van der Waals surface area contributed by atoms with Crippen LogP contribution >= 0.6 is 0 Å². The molecule has 0 spiro atoms. The van der Waals surface area contributed by atoms with Gasteiger partial charge in [0.1, 0.15) is 23.0 Å². The molecule has 0 aliphatic carbocycles. The van der Waals surface area contributed by atoms with Gasteiger partial charge >= 0.3 is 0 Å². The minimum atomic E-state index is 0.792. The van der Waals surface area contributed by atoms with E-state index in [0.29, 0.717) is 0 Å². The van der Waals surface area contributed by atoms with E-state index in [2.05, 4.69) is 13.8 Å². The fraction of sp³-hybridized carbons (Fsp3) is 0.100. The second-order valence-electron chi connectivity index (χ2n) is 5.30. The molecule has 2 heteroatoms. The van der Waals surface area contributed by atoms with Crippen molar-refractivity contribution in [2.24, 2.45) is 0 Å². The van der Waals surface area contributed by atoms with Gasteiger partial charge < -0.3 is 9.47 Å². The molecule has 3 aromatic carbocycles. The first kappa shape index (κ1) is 14.2. The van der Waals surface area contributed by atoms with Crippen molar-refractivity contribution >= 4 is 0 Å². The van der Waals surface area contributed by atoms with Gasteiger partial charge in [0.15, 0.2) is 0 Å². The molecule has 0 N–H and O–H groups in total. The summed E-state index contributed by atoms with van der Waals surface area (Å²) in [6.07, 6.45) is 0. The Labute approximate surface area is 131 Å². The molecule has 0 heterocycles. The van der Waals surface area contributed by atoms with Crippen LogP contribution in [0.5, 0.6) is 23.0 Å². The Morgan fingerprint density at radius 1 is 0.409 bits per heavy atom. The maximum absolute atomic E-state index is 5.80. The third-order valence-electron chi connectivity index (χ3n) is 3.34. The lowest BCUT2D eigenvalue weighted by atomic mass is 10.2. The first-order valence-electron chi connectivity index (χ1n) is 7.28. The number of benzene rings is 3. The Hall–Kier alpha value is -2.74. The van der Waals surface area contributed by atoms with E-state index in [1.807, 2.05) is 72.8 Å². The molecule has 0 saturated heterocycles. The Bertz CT molecular complexity index is 660. The zero-order valence-electron chi connectivity index (χ0n) is 12.7. The summed E-state index contributed by atoms with van der Waals surface area (Å²) >= 11 is 0. The van der Waals surface area contributed by atoms with Crippen LogP contribution in [-0.4, -0.2) is 0 Å². The Kier molecular flexibility index (Phi) is 4.10. The van der Waals surface area contributed by atoms with Gasteiger partial charge in [0.05, 0.1) is 0 Å². The van der Waals surface area contributed by atoms with E-state index in [1.165, 1.54) is 11.1 Å². The first-order valence-corrected chi connectivity index (χ1v) is 7.28. The summed E-state index contributed by atoms with van der Waals surface area (Å²) in [5.74, 6) is 3.25. The van der Waals surface area contributed by atoms with Crippen molar-refractivity contribution in [3.63, 3.8) is 0 Å². The average molecular weight is 290 g/mol. The first-order chi connectivity index (χ1) is 10.7. The van der Waals surface area contributed by atoms with Crippen LogP contribution in [-0.2, 0) is 0 Å². The van der Waals surface area contributed by atoms with Crippen LogP contribution in [0.1, 0.15) is 11.1 Å². The minimum Gasteiger partial charge on any atom is -0.457 e. The van der Waals surface area contributed by atoms with E-state index in [1.54, 1.807) is 0 Å². The summed E-state index contributed by atoms with van der Waals surface area (Å²) < 4.78 is 11.6. The van der Waals surface area contributed by atoms with Crippen LogP contribution in [0.2, 0.25) is 0 Å². The van der Waals surface area contributed by atoms with E-state index < -0.39 is 0 Å². The Balaban J connectivity index is 1.67. The highest BCUT2D eigenvalue weighted by Gasteiger charge is 2.00. The van der Waals surface area contributed by atoms with Gasteiger partial charge in [-0.3, -0.25) is 0 Å². The molecule has 22 heavy (non-hydrogen) atoms. The van der Waals surface area contributed by atoms with E-state index in [4.69, 9.17) is 9.47 Å². The normalized spacial score (nSPS) is 10.3. The molecule has 0 unspecified atom stereocenters. The van der Waals surface area contributed by atoms with Gasteiger partial charge in [0.2, 0.25) is 0 Å². The maximum Gasteiger partial charge on any atom is 0.127 e. The Morgan fingerprint density at radius 3 is 0.909 bits per heavy atom. The SMILES string of the molecule is Cc1ccc(Oc2ccc(Oc3ccc(C)cc3)cc2)cc1. The lowest BCUT2D eigenvalue weighted by Crippen LogP contribution is -1.86. The number of rotatable bonds is 4. The van der Waals surface area contributed by atoms with E-state index in [0.717, 1.165) is 23.0 Å². The van der Waals surface area contributed by atoms with Gasteiger partial charge in [-0.05, 0) is 62.4 Å². The minimum absolute atomic E-state index is 0.792. The zero-order chi connectivity index (χ0) is 15.4. The van der Waals surface area contributed by atoms with Gasteiger partial charge in [-0.15, -0.1) is 0 Å². The maximum atomic E-state index is 5.80. The van der Waals surface area contributed by atoms with Gasteiger partial charge in [0, 0.05) is 0 Å². The van der Waals surface area contributed by atoms with E-state index >= 15 is 0 Å². The predicted octanol–water partition coefficient (Wildman–Crippen LogP) is 5.89. The van der Waals surface area contributed by atoms with Crippen molar-refractivity contribution in [2.45, 2.75) is 13.8 Å². The quantitative estimate of drug-likeness (QED) is 0.596. The monoisotopic (exact) mass is 290 g/mol. The fourth-order valence-electron chi connectivity index (χ4n) is 2.06. The molecular formula is C20H18O2. The van der Waals surface area contributed by atoms with E-state index in [-0.39, 0.29) is 0 Å². The van der Waals surface area contributed by atoms with Crippen LogP contribution in [0, 0.1) is 13.8 Å². The van der Waals surface area contributed by atoms with Crippen LogP contribution < -0.4 is 9.47 Å². The van der Waals surface area contributed by atoms with Crippen molar-refractivity contribution in [1.82, 2.24) is 0 Å². The predicted molar refractivity (Wildman–Crippen MR) is 88.9 cm³/mol. The van der Waals surface area contributed by atoms with Crippen molar-refractivity contribution in [1.29, 1.82) is 0 Å². The van der Waals surface area contributed by atoms with Gasteiger partial charge in [-0.25, -0.2) is 0 Å². The standard InChI is InChI=1S/C20H18O2/c1-15-3-7-17(8-4-15)21-19-11-13-20(14-12-19)22-18-9-5-16(2)6-10-18/h3-14H,1-2H3. The summed E-state index contributed by atoms with van der Waals surface area (Å²) in [6, 6.07) is 23.6. The summed E-state index contributed by atoms with van der Waals surface area (Å²) in [5.41, 5.74) is 2.43. The molecule has 0 bridgehead atoms. The zero-order valence-corrected chi connectivity index (χ0v) is 12.7. The van der Waals surface area contributed by atoms with Crippen molar-refractivity contribution < 1.29 is 9.47 Å². The van der Waals surface area contributed by atoms with Crippen LogP contribution in [0.4, 0.5) is 0 Å². The molecule has 0 aliphatic rings. The lowest BCUT2D eigenvalue weighted by molar-refractivity contribution is 0.469. The lowest BCUT2D eigenvalue weighted by Gasteiger charge is -2.08. The molecule has 3 rings (SSSR count). The molecule has 110 valence electrons. The van der Waals surface area contributed by atoms with Crippen molar-refractivity contribution in [2.75, 3.05) is 0 Å². The third kappa shape index (κ3) is 3.67. The smallest absolute Gasteiger partial charge is 0.127 e. The average Bonchev–Trinajstić information content (AvgIpc) is 2.54. The third-order valence-corrected chi connectivity index (χ3v) is 3.34. The molecule has 0 saturated carbocycles. The second-order valence-corrected chi connectivity index (χ2v) is 5.30. The highest BCUT2D eigenvalue weighted by Crippen LogP contribution is 2.27. The highest BCUT2D eigenvalue weighted by molar-refractivity contribution is 5.38. The summed E-state index contributed by atoms with van der Waals surface area (Å²) in [5, 5.41) is 0. The summed E-state index contributed by atoms with van der Waals surface area (Å²) in [7, 11) is 0. The van der Waals surface area contributed by atoms with Crippen LogP contribution in [0.25, 0.3) is 0 Å². The number of aryl methyl sites for hydroxylation is 2. The van der Waals surface area contributed by atoms with Crippen LogP contribution in [0.3, 0.4) is 0 Å². The molecule has 0 atom stereocenters. The highest BCUT2D eigenvalue weighted by atomic mass is 16.5. The Morgan fingerprint density at radius 2 is 0.636 bits per heavy atom. The molecule has 0 aromatic heterocycles. The van der Waals surface area contributed by atoms with Crippen molar-refractivity contribution in [3.8, 4) is 23.0 Å². The molecule has 0 radical (unpaired) electrons. The second kappa shape index (κ2) is 6.35. The summed E-state index contributed by atoms with van der Waals surface area (Å²) in [6.45, 7) is 4.11. The van der Waals surface area contributed by atoms with E-state index in [9.17, 15) is 0 Å².